The molecule has 1 aliphatic carbocycles. The second kappa shape index (κ2) is 16.9. The lowest BCUT2D eigenvalue weighted by molar-refractivity contribution is -0.200. The van der Waals surface area contributed by atoms with E-state index >= 15 is 0 Å². The molecule has 4 heterocycles. The van der Waals surface area contributed by atoms with Gasteiger partial charge in [-0.15, -0.1) is 0 Å². The maximum atomic E-state index is 13.0. The van der Waals surface area contributed by atoms with E-state index in [4.69, 9.17) is 29.3 Å². The molecule has 6 rings (SSSR count). The molecular formula is C34H49N7O6S. The molecule has 1 aromatic carbocycles. The molecule has 1 amide bonds. The molecule has 0 spiro atoms. The fourth-order valence-electron chi connectivity index (χ4n) is 6.58. The summed E-state index contributed by atoms with van der Waals surface area (Å²) in [5, 5.41) is 6.92. The van der Waals surface area contributed by atoms with Gasteiger partial charge in [0, 0.05) is 37.8 Å². The van der Waals surface area contributed by atoms with E-state index in [1.807, 2.05) is 4.57 Å². The third-order valence-corrected chi connectivity index (χ3v) is 11.1. The molecule has 13 nitrogen and oxygen atoms in total. The van der Waals surface area contributed by atoms with Gasteiger partial charge in [0.25, 0.3) is 0 Å². The molecule has 2 aromatic heterocycles. The lowest BCUT2D eigenvalue weighted by atomic mass is 9.95. The number of hydrogen-bond donors (Lipinski definition) is 3. The third kappa shape index (κ3) is 9.42. The molecule has 3 aliphatic rings. The van der Waals surface area contributed by atoms with E-state index in [9.17, 15) is 13.2 Å². The van der Waals surface area contributed by atoms with Gasteiger partial charge < -0.3 is 20.1 Å². The van der Waals surface area contributed by atoms with Crippen molar-refractivity contribution in [3.63, 3.8) is 0 Å². The topological polar surface area (TPSA) is 159 Å². The standard InChI is InChI=1S/C34H49N7O6S/c42-28(40-47-30-16-8-10-22-46-30)14-6-1-2-11-23-48(43,44)27-19-17-26(18-20-27)37-34-38-32(36-25-12-4-3-5-13-25)31-33(39-34)41(24-35-31)29-15-7-9-21-45-29/h17-20,24-25,29-30H,1-16,21-23H2,(H,40,42)(H2,36,37,38,39). The van der Waals surface area contributed by atoms with Crippen LogP contribution in [0.25, 0.3) is 11.2 Å². The second-order valence-electron chi connectivity index (χ2n) is 13.1. The summed E-state index contributed by atoms with van der Waals surface area (Å²) in [6, 6.07) is 7.08. The summed E-state index contributed by atoms with van der Waals surface area (Å²) in [6.45, 7) is 1.37. The van der Waals surface area contributed by atoms with Crippen molar-refractivity contribution in [1.29, 1.82) is 0 Å². The van der Waals surface area contributed by atoms with Gasteiger partial charge in [0.05, 0.1) is 17.0 Å². The average molecular weight is 684 g/mol. The number of nitrogens with zero attached hydrogens (tertiary/aromatic N) is 4. The summed E-state index contributed by atoms with van der Waals surface area (Å²) in [6.07, 6.45) is 16.1. The second-order valence-corrected chi connectivity index (χ2v) is 15.2. The summed E-state index contributed by atoms with van der Waals surface area (Å²) < 4.78 is 39.6. The molecule has 0 radical (unpaired) electrons. The van der Waals surface area contributed by atoms with Gasteiger partial charge in [0.15, 0.2) is 33.1 Å². The SMILES string of the molecule is O=C(CCCCCCS(=O)(=O)c1ccc(Nc2nc(NC3CCCCC3)c3ncn(C4CCCCO4)c3n2)cc1)NOC1CCCCO1. The van der Waals surface area contributed by atoms with Gasteiger partial charge in [-0.1, -0.05) is 32.1 Å². The number of fused-ring (bicyclic) bond motifs is 1. The van der Waals surface area contributed by atoms with Gasteiger partial charge in [-0.2, -0.15) is 9.97 Å². The molecule has 2 atom stereocenters. The first-order valence-electron chi connectivity index (χ1n) is 17.7. The van der Waals surface area contributed by atoms with E-state index in [1.54, 1.807) is 30.6 Å². The summed E-state index contributed by atoms with van der Waals surface area (Å²) in [4.78, 5) is 32.0. The van der Waals surface area contributed by atoms with Gasteiger partial charge in [-0.3, -0.25) is 9.36 Å². The fourth-order valence-corrected chi connectivity index (χ4v) is 7.95. The van der Waals surface area contributed by atoms with Crippen LogP contribution in [0.4, 0.5) is 17.5 Å². The quantitative estimate of drug-likeness (QED) is 0.122. The first kappa shape index (κ1) is 34.5. The predicted molar refractivity (Wildman–Crippen MR) is 182 cm³/mol. The van der Waals surface area contributed by atoms with Crippen LogP contribution in [0, 0.1) is 0 Å². The van der Waals surface area contributed by atoms with Crippen molar-refractivity contribution in [2.24, 2.45) is 0 Å². The molecule has 262 valence electrons. The number of benzene rings is 1. The Kier molecular flexibility index (Phi) is 12.1. The summed E-state index contributed by atoms with van der Waals surface area (Å²) >= 11 is 0. The van der Waals surface area contributed by atoms with Crippen LogP contribution in [0.15, 0.2) is 35.5 Å². The monoisotopic (exact) mass is 683 g/mol. The van der Waals surface area contributed by atoms with Crippen LogP contribution in [-0.4, -0.2) is 65.1 Å². The number of ether oxygens (including phenoxy) is 2. The van der Waals surface area contributed by atoms with E-state index in [2.05, 4.69) is 16.1 Å². The number of carbonyl (C=O) groups excluding carboxylic acids is 1. The Morgan fingerprint density at radius 2 is 1.62 bits per heavy atom. The van der Waals surface area contributed by atoms with Crippen LogP contribution < -0.4 is 16.1 Å². The fraction of sp³-hybridized carbons (Fsp3) is 0.647. The first-order chi connectivity index (χ1) is 23.4. The van der Waals surface area contributed by atoms with E-state index < -0.39 is 9.84 Å². The molecule has 3 fully saturated rings. The van der Waals surface area contributed by atoms with E-state index in [0.717, 1.165) is 69.7 Å². The highest BCUT2D eigenvalue weighted by molar-refractivity contribution is 7.91. The van der Waals surface area contributed by atoms with Crippen molar-refractivity contribution in [2.75, 3.05) is 29.6 Å². The largest absolute Gasteiger partial charge is 0.365 e. The molecule has 1 saturated carbocycles. The Morgan fingerprint density at radius 3 is 2.38 bits per heavy atom. The van der Waals surface area contributed by atoms with Crippen molar-refractivity contribution in [3.8, 4) is 0 Å². The lowest BCUT2D eigenvalue weighted by Gasteiger charge is -2.25. The van der Waals surface area contributed by atoms with Crippen LogP contribution in [0.3, 0.4) is 0 Å². The maximum Gasteiger partial charge on any atom is 0.243 e. The van der Waals surface area contributed by atoms with Crippen LogP contribution in [0.5, 0.6) is 0 Å². The van der Waals surface area contributed by atoms with Crippen molar-refractivity contribution in [3.05, 3.63) is 30.6 Å². The van der Waals surface area contributed by atoms with Gasteiger partial charge in [-0.25, -0.2) is 23.7 Å². The lowest BCUT2D eigenvalue weighted by Crippen LogP contribution is -2.32. The highest BCUT2D eigenvalue weighted by Gasteiger charge is 2.23. The number of nitrogens with one attached hydrogen (secondary N) is 3. The number of rotatable bonds is 15. The highest BCUT2D eigenvalue weighted by Crippen LogP contribution is 2.31. The number of aromatic nitrogens is 4. The molecule has 48 heavy (non-hydrogen) atoms. The Labute approximate surface area is 282 Å². The van der Waals surface area contributed by atoms with Crippen molar-refractivity contribution in [2.45, 2.75) is 126 Å². The molecule has 2 saturated heterocycles. The first-order valence-corrected chi connectivity index (χ1v) is 19.4. The van der Waals surface area contributed by atoms with E-state index in [0.29, 0.717) is 61.6 Å². The van der Waals surface area contributed by atoms with Crippen molar-refractivity contribution in [1.82, 2.24) is 25.0 Å². The average Bonchev–Trinajstić information content (AvgIpc) is 3.55. The summed E-state index contributed by atoms with van der Waals surface area (Å²) in [7, 11) is -3.44. The predicted octanol–water partition coefficient (Wildman–Crippen LogP) is 6.31. The van der Waals surface area contributed by atoms with Crippen LogP contribution in [0.2, 0.25) is 0 Å². The number of hydrogen-bond acceptors (Lipinski definition) is 11. The number of carbonyl (C=O) groups is 1. The number of sulfone groups is 1. The molecule has 3 N–H and O–H groups in total. The van der Waals surface area contributed by atoms with Crippen molar-refractivity contribution < 1.29 is 27.5 Å². The van der Waals surface area contributed by atoms with Gasteiger partial charge in [-0.05, 0) is 82.1 Å². The highest BCUT2D eigenvalue weighted by atomic mass is 32.2. The summed E-state index contributed by atoms with van der Waals surface area (Å²) in [5.74, 6) is 0.983. The molecule has 2 unspecified atom stereocenters. The normalized spacial score (nSPS) is 20.8. The summed E-state index contributed by atoms with van der Waals surface area (Å²) in [5.41, 5.74) is 4.59. The Hall–Kier alpha value is -3.33. The van der Waals surface area contributed by atoms with Crippen LogP contribution >= 0.6 is 0 Å². The molecule has 2 aliphatic heterocycles. The van der Waals surface area contributed by atoms with Gasteiger partial charge in [0.2, 0.25) is 11.9 Å². The van der Waals surface area contributed by atoms with E-state index in [1.165, 1.54) is 19.3 Å². The Bertz CT molecular complexity index is 1580. The van der Waals surface area contributed by atoms with Gasteiger partial charge >= 0.3 is 0 Å². The molecule has 3 aromatic rings. The maximum absolute atomic E-state index is 13.0. The molecular weight excluding hydrogens is 634 g/mol. The zero-order valence-corrected chi connectivity index (χ0v) is 28.5. The zero-order chi connectivity index (χ0) is 33.2. The van der Waals surface area contributed by atoms with Crippen molar-refractivity contribution >= 4 is 44.4 Å². The number of unbranched alkanes of at least 4 members (excludes halogenated alkanes) is 3. The Balaban J connectivity index is 1.02. The number of hydroxylamine groups is 1. The number of imidazole rings is 1. The number of amides is 1. The minimum absolute atomic E-state index is 0.0529. The molecule has 14 heteroatoms. The van der Waals surface area contributed by atoms with E-state index in [-0.39, 0.29) is 29.1 Å². The minimum atomic E-state index is -3.44. The van der Waals surface area contributed by atoms with Crippen LogP contribution in [-0.2, 0) is 28.9 Å². The Morgan fingerprint density at radius 1 is 0.875 bits per heavy atom. The van der Waals surface area contributed by atoms with Crippen LogP contribution in [0.1, 0.15) is 109 Å². The minimum Gasteiger partial charge on any atom is -0.365 e. The third-order valence-electron chi connectivity index (χ3n) is 9.31. The number of anilines is 3. The smallest absolute Gasteiger partial charge is 0.243 e. The molecule has 0 bridgehead atoms. The zero-order valence-electron chi connectivity index (χ0n) is 27.7. The van der Waals surface area contributed by atoms with Gasteiger partial charge in [0.1, 0.15) is 6.23 Å².